The summed E-state index contributed by atoms with van der Waals surface area (Å²) >= 11 is 0. The van der Waals surface area contributed by atoms with Gasteiger partial charge in [-0.3, -0.25) is 0 Å². The molecule has 2 nitrogen and oxygen atoms in total. The van der Waals surface area contributed by atoms with E-state index in [1.807, 2.05) is 0 Å². The van der Waals surface area contributed by atoms with Crippen LogP contribution in [0.15, 0.2) is 46.8 Å². The zero-order valence-corrected chi connectivity index (χ0v) is 11.2. The van der Waals surface area contributed by atoms with Crippen molar-refractivity contribution in [2.75, 3.05) is 0 Å². The minimum atomic E-state index is 0.135. The van der Waals surface area contributed by atoms with Crippen LogP contribution in [-0.2, 0) is 4.74 Å². The summed E-state index contributed by atoms with van der Waals surface area (Å²) in [6, 6.07) is 0.947. The molecule has 2 heterocycles. The molecule has 18 heavy (non-hydrogen) atoms. The topological polar surface area (TPSA) is 21.3 Å². The van der Waals surface area contributed by atoms with Crippen LogP contribution in [-0.4, -0.2) is 18.2 Å². The van der Waals surface area contributed by atoms with E-state index in [4.69, 9.17) is 4.74 Å². The van der Waals surface area contributed by atoms with E-state index in [0.717, 1.165) is 12.2 Å². The molecule has 94 valence electrons. The lowest BCUT2D eigenvalue weighted by Crippen LogP contribution is -2.50. The third-order valence-corrected chi connectivity index (χ3v) is 5.08. The van der Waals surface area contributed by atoms with Crippen molar-refractivity contribution in [2.45, 2.75) is 45.4 Å². The van der Waals surface area contributed by atoms with E-state index in [9.17, 15) is 0 Å². The Labute approximate surface area is 108 Å². The normalized spacial score (nSPS) is 46.3. The van der Waals surface area contributed by atoms with Crippen LogP contribution < -0.4 is 5.32 Å². The first-order valence-electron chi connectivity index (χ1n) is 6.88. The molecule has 1 saturated heterocycles. The Balaban J connectivity index is 2.02. The Bertz CT molecular complexity index is 551. The van der Waals surface area contributed by atoms with E-state index in [1.54, 1.807) is 0 Å². The number of rotatable bonds is 0. The number of hydrogen-bond acceptors (Lipinski definition) is 2. The van der Waals surface area contributed by atoms with Gasteiger partial charge in [-0.15, -0.1) is 0 Å². The summed E-state index contributed by atoms with van der Waals surface area (Å²) in [5.74, 6) is 1.13. The third kappa shape index (κ3) is 0.960. The summed E-state index contributed by atoms with van der Waals surface area (Å²) in [6.45, 7) is 6.55. The van der Waals surface area contributed by atoms with Crippen LogP contribution in [0.1, 0.15) is 27.2 Å². The maximum absolute atomic E-state index is 6.14. The van der Waals surface area contributed by atoms with Crippen molar-refractivity contribution in [1.82, 2.24) is 5.32 Å². The molecule has 1 saturated carbocycles. The fraction of sp³-hybridized carbons (Fsp3) is 0.500. The molecule has 2 heteroatoms. The molecule has 0 radical (unpaired) electrons. The van der Waals surface area contributed by atoms with Gasteiger partial charge in [-0.05, 0) is 44.4 Å². The van der Waals surface area contributed by atoms with Gasteiger partial charge in [-0.1, -0.05) is 18.2 Å². The van der Waals surface area contributed by atoms with Crippen LogP contribution >= 0.6 is 0 Å². The molecule has 4 rings (SSSR count). The van der Waals surface area contributed by atoms with Crippen LogP contribution in [0.3, 0.4) is 0 Å². The van der Waals surface area contributed by atoms with Gasteiger partial charge in [-0.2, -0.15) is 0 Å². The van der Waals surface area contributed by atoms with E-state index < -0.39 is 0 Å². The van der Waals surface area contributed by atoms with Gasteiger partial charge in [-0.25, -0.2) is 0 Å². The predicted octanol–water partition coefficient (Wildman–Crippen LogP) is 2.85. The molecule has 2 fully saturated rings. The maximum Gasteiger partial charge on any atom is 0.130 e. The summed E-state index contributed by atoms with van der Waals surface area (Å²) in [7, 11) is 0. The van der Waals surface area contributed by atoms with Crippen molar-refractivity contribution in [3.63, 3.8) is 0 Å². The Kier molecular flexibility index (Phi) is 1.88. The van der Waals surface area contributed by atoms with E-state index in [1.165, 1.54) is 16.7 Å². The zero-order chi connectivity index (χ0) is 12.5. The molecule has 4 atom stereocenters. The summed E-state index contributed by atoms with van der Waals surface area (Å²) in [6.07, 6.45) is 10.3. The van der Waals surface area contributed by atoms with E-state index in [-0.39, 0.29) is 11.5 Å². The smallest absolute Gasteiger partial charge is 0.130 e. The predicted molar refractivity (Wildman–Crippen MR) is 72.0 cm³/mol. The molecule has 0 amide bonds. The standard InChI is InChI=1S/C16H19NO/c1-4-11-13-8-16-12(9(2)17-13)6-5-7-14(16)18-10(3)15(11)16/h4-7,9,13-14,17H,8H2,1-3H3. The highest BCUT2D eigenvalue weighted by molar-refractivity contribution is 5.61. The minimum absolute atomic E-state index is 0.135. The second-order valence-electron chi connectivity index (χ2n) is 5.84. The molecule has 2 aliphatic heterocycles. The van der Waals surface area contributed by atoms with Crippen molar-refractivity contribution in [2.24, 2.45) is 5.41 Å². The highest BCUT2D eigenvalue weighted by Gasteiger charge is 2.62. The lowest BCUT2D eigenvalue weighted by atomic mass is 9.66. The first kappa shape index (κ1) is 10.6. The molecule has 0 aromatic heterocycles. The number of nitrogens with one attached hydrogen (secondary N) is 1. The second kappa shape index (κ2) is 3.18. The molecule has 0 aromatic carbocycles. The number of piperidine rings is 1. The Morgan fingerprint density at radius 1 is 1.50 bits per heavy atom. The van der Waals surface area contributed by atoms with Crippen molar-refractivity contribution in [3.8, 4) is 0 Å². The molecular formula is C16H19NO. The van der Waals surface area contributed by atoms with Gasteiger partial charge < -0.3 is 10.1 Å². The van der Waals surface area contributed by atoms with Gasteiger partial charge in [0.15, 0.2) is 0 Å². The molecule has 2 aliphatic carbocycles. The second-order valence-corrected chi connectivity index (χ2v) is 5.84. The first-order chi connectivity index (χ1) is 8.68. The molecule has 0 aromatic rings. The summed E-state index contributed by atoms with van der Waals surface area (Å²) in [5.41, 5.74) is 4.57. The minimum Gasteiger partial charge on any atom is -0.489 e. The van der Waals surface area contributed by atoms with Gasteiger partial charge >= 0.3 is 0 Å². The molecule has 1 spiro atoms. The Hall–Kier alpha value is -1.28. The van der Waals surface area contributed by atoms with Crippen molar-refractivity contribution < 1.29 is 4.74 Å². The fourth-order valence-corrected chi connectivity index (χ4v) is 4.55. The number of hydrogen-bond donors (Lipinski definition) is 1. The quantitative estimate of drug-likeness (QED) is 0.704. The average molecular weight is 241 g/mol. The van der Waals surface area contributed by atoms with Crippen molar-refractivity contribution in [3.05, 3.63) is 46.8 Å². The molecule has 4 aliphatic rings. The van der Waals surface area contributed by atoms with Crippen LogP contribution in [0, 0.1) is 5.41 Å². The number of ether oxygens (including phenoxy) is 1. The summed E-state index contributed by atoms with van der Waals surface area (Å²) in [5, 5.41) is 3.75. The summed E-state index contributed by atoms with van der Waals surface area (Å²) in [4.78, 5) is 0. The Morgan fingerprint density at radius 2 is 2.33 bits per heavy atom. The maximum atomic E-state index is 6.14. The molecule has 1 N–H and O–H groups in total. The molecule has 4 unspecified atom stereocenters. The van der Waals surface area contributed by atoms with Crippen molar-refractivity contribution in [1.29, 1.82) is 0 Å². The number of allylic oxidation sites excluding steroid dienone is 4. The largest absolute Gasteiger partial charge is 0.489 e. The lowest BCUT2D eigenvalue weighted by Gasteiger charge is -2.42. The van der Waals surface area contributed by atoms with Gasteiger partial charge in [0.05, 0.1) is 11.2 Å². The van der Waals surface area contributed by atoms with Crippen LogP contribution in [0.5, 0.6) is 0 Å². The highest BCUT2D eigenvalue weighted by atomic mass is 16.5. The number of fused-ring (bicyclic) bond motifs is 1. The molecule has 2 bridgehead atoms. The molecular weight excluding hydrogens is 222 g/mol. The van der Waals surface area contributed by atoms with Crippen LogP contribution in [0.4, 0.5) is 0 Å². The average Bonchev–Trinajstić information content (AvgIpc) is 2.76. The van der Waals surface area contributed by atoms with E-state index in [2.05, 4.69) is 50.4 Å². The highest BCUT2D eigenvalue weighted by Crippen LogP contribution is 2.63. The SMILES string of the molecule is CC=C1C2=C(C)OC3C=CC=C4C(C)NC1CC423. The Morgan fingerprint density at radius 3 is 3.11 bits per heavy atom. The monoisotopic (exact) mass is 241 g/mol. The lowest BCUT2D eigenvalue weighted by molar-refractivity contribution is 0.0981. The van der Waals surface area contributed by atoms with Gasteiger partial charge in [0, 0.05) is 17.7 Å². The van der Waals surface area contributed by atoms with Gasteiger partial charge in [0.2, 0.25) is 0 Å². The first-order valence-corrected chi connectivity index (χ1v) is 6.88. The summed E-state index contributed by atoms with van der Waals surface area (Å²) < 4.78 is 6.14. The fourth-order valence-electron chi connectivity index (χ4n) is 4.55. The zero-order valence-electron chi connectivity index (χ0n) is 11.2. The van der Waals surface area contributed by atoms with Crippen molar-refractivity contribution >= 4 is 0 Å². The van der Waals surface area contributed by atoms with Crippen LogP contribution in [0.2, 0.25) is 0 Å². The van der Waals surface area contributed by atoms with E-state index >= 15 is 0 Å². The van der Waals surface area contributed by atoms with Gasteiger partial charge in [0.25, 0.3) is 0 Å². The van der Waals surface area contributed by atoms with Crippen LogP contribution in [0.25, 0.3) is 0 Å². The van der Waals surface area contributed by atoms with E-state index in [0.29, 0.717) is 12.1 Å². The third-order valence-electron chi connectivity index (χ3n) is 5.08. The van der Waals surface area contributed by atoms with Gasteiger partial charge in [0.1, 0.15) is 6.10 Å².